The first-order valence-corrected chi connectivity index (χ1v) is 9.78. The summed E-state index contributed by atoms with van der Waals surface area (Å²) < 4.78 is 0. The van der Waals surface area contributed by atoms with Crippen LogP contribution in [0.5, 0.6) is 0 Å². The van der Waals surface area contributed by atoms with Crippen molar-refractivity contribution in [1.82, 2.24) is 9.97 Å². The molecule has 1 aromatic heterocycles. The number of hydrogen-bond acceptors (Lipinski definition) is 5. The third kappa shape index (κ3) is 4.29. The molecule has 1 aliphatic rings. The van der Waals surface area contributed by atoms with Crippen LogP contribution >= 0.6 is 0 Å². The van der Waals surface area contributed by atoms with Crippen molar-refractivity contribution < 1.29 is 0 Å². The van der Waals surface area contributed by atoms with Crippen molar-refractivity contribution in [2.45, 2.75) is 25.7 Å². The topological polar surface area (TPSA) is 64.8 Å². The van der Waals surface area contributed by atoms with Gasteiger partial charge < -0.3 is 10.2 Å². The summed E-state index contributed by atoms with van der Waals surface area (Å²) in [6.45, 7) is 2.04. The highest BCUT2D eigenvalue weighted by molar-refractivity contribution is 5.67. The molecule has 1 aliphatic heterocycles. The van der Waals surface area contributed by atoms with E-state index in [9.17, 15) is 0 Å². The molecule has 0 amide bonds. The second-order valence-electron chi connectivity index (χ2n) is 7.02. The van der Waals surface area contributed by atoms with Crippen LogP contribution in [-0.2, 0) is 0 Å². The summed E-state index contributed by atoms with van der Waals surface area (Å²) in [5, 5.41) is 12.4. The van der Waals surface area contributed by atoms with Gasteiger partial charge in [-0.1, -0.05) is 49.2 Å². The first-order valence-electron chi connectivity index (χ1n) is 9.78. The van der Waals surface area contributed by atoms with Crippen LogP contribution in [0, 0.1) is 11.3 Å². The lowest BCUT2D eigenvalue weighted by atomic mass is 10.1. The molecule has 0 saturated carbocycles. The molecule has 0 atom stereocenters. The number of aromatic nitrogens is 2. The predicted molar refractivity (Wildman–Crippen MR) is 113 cm³/mol. The van der Waals surface area contributed by atoms with Crippen molar-refractivity contribution in [3.8, 4) is 17.3 Å². The number of anilines is 3. The van der Waals surface area contributed by atoms with E-state index in [1.54, 1.807) is 6.07 Å². The van der Waals surface area contributed by atoms with Crippen molar-refractivity contribution >= 4 is 17.5 Å². The van der Waals surface area contributed by atoms with Crippen LogP contribution in [0.15, 0.2) is 60.7 Å². The average molecular weight is 369 g/mol. The molecule has 2 aromatic carbocycles. The Balaban J connectivity index is 1.72. The summed E-state index contributed by atoms with van der Waals surface area (Å²) in [6.07, 6.45) is 4.94. The minimum absolute atomic E-state index is 0.552. The molecule has 1 N–H and O–H groups in total. The van der Waals surface area contributed by atoms with E-state index in [2.05, 4.69) is 34.5 Å². The SMILES string of the molecule is N#Cc1cccc(Nc2nc(-c3ccccc3)cc(N3CCCCCC3)n2)c1. The molecule has 3 aromatic rings. The zero-order valence-corrected chi connectivity index (χ0v) is 15.8. The molecule has 5 heteroatoms. The maximum absolute atomic E-state index is 9.15. The third-order valence-electron chi connectivity index (χ3n) is 4.96. The van der Waals surface area contributed by atoms with Crippen molar-refractivity contribution in [2.24, 2.45) is 0 Å². The Hall–Kier alpha value is -3.39. The monoisotopic (exact) mass is 369 g/mol. The van der Waals surface area contributed by atoms with E-state index in [4.69, 9.17) is 15.2 Å². The highest BCUT2D eigenvalue weighted by Gasteiger charge is 2.15. The first-order chi connectivity index (χ1) is 13.8. The van der Waals surface area contributed by atoms with Gasteiger partial charge in [0.05, 0.1) is 17.3 Å². The summed E-state index contributed by atoms with van der Waals surface area (Å²) in [5.74, 6) is 1.50. The van der Waals surface area contributed by atoms with Gasteiger partial charge in [0.25, 0.3) is 0 Å². The second-order valence-corrected chi connectivity index (χ2v) is 7.02. The van der Waals surface area contributed by atoms with E-state index in [0.29, 0.717) is 11.5 Å². The Morgan fingerprint density at radius 2 is 1.64 bits per heavy atom. The zero-order valence-electron chi connectivity index (χ0n) is 15.8. The van der Waals surface area contributed by atoms with Crippen LogP contribution in [-0.4, -0.2) is 23.1 Å². The predicted octanol–water partition coefficient (Wildman–Crippen LogP) is 5.14. The van der Waals surface area contributed by atoms with Gasteiger partial charge in [-0.2, -0.15) is 10.2 Å². The highest BCUT2D eigenvalue weighted by Crippen LogP contribution is 2.26. The number of nitrogens with one attached hydrogen (secondary N) is 1. The van der Waals surface area contributed by atoms with Gasteiger partial charge in [-0.25, -0.2) is 4.98 Å². The van der Waals surface area contributed by atoms with E-state index in [1.165, 1.54) is 25.7 Å². The largest absolute Gasteiger partial charge is 0.356 e. The van der Waals surface area contributed by atoms with Crippen LogP contribution in [0.3, 0.4) is 0 Å². The molecule has 140 valence electrons. The van der Waals surface area contributed by atoms with Gasteiger partial charge in [0.1, 0.15) is 5.82 Å². The van der Waals surface area contributed by atoms with E-state index < -0.39 is 0 Å². The summed E-state index contributed by atoms with van der Waals surface area (Å²) >= 11 is 0. The molecule has 0 spiro atoms. The molecule has 0 unspecified atom stereocenters. The Labute approximate surface area is 165 Å². The minimum atomic E-state index is 0.552. The van der Waals surface area contributed by atoms with Gasteiger partial charge in [-0.15, -0.1) is 0 Å². The van der Waals surface area contributed by atoms with Crippen LogP contribution in [0.4, 0.5) is 17.5 Å². The van der Waals surface area contributed by atoms with Crippen molar-refractivity contribution in [3.05, 3.63) is 66.2 Å². The second kappa shape index (κ2) is 8.53. The van der Waals surface area contributed by atoms with Crippen LogP contribution < -0.4 is 10.2 Å². The number of hydrogen-bond donors (Lipinski definition) is 1. The lowest BCUT2D eigenvalue weighted by Crippen LogP contribution is -2.25. The quantitative estimate of drug-likeness (QED) is 0.690. The number of rotatable bonds is 4. The van der Waals surface area contributed by atoms with Crippen molar-refractivity contribution in [3.63, 3.8) is 0 Å². The molecule has 0 radical (unpaired) electrons. The highest BCUT2D eigenvalue weighted by atomic mass is 15.2. The van der Waals surface area contributed by atoms with Gasteiger partial charge in [0.2, 0.25) is 5.95 Å². The molecule has 5 nitrogen and oxygen atoms in total. The van der Waals surface area contributed by atoms with Crippen LogP contribution in [0.1, 0.15) is 31.2 Å². The molecular formula is C23H23N5. The fraction of sp³-hybridized carbons (Fsp3) is 0.261. The van der Waals surface area contributed by atoms with E-state index in [0.717, 1.165) is 35.9 Å². The average Bonchev–Trinajstić information content (AvgIpc) is 3.04. The Kier molecular flexibility index (Phi) is 5.48. The van der Waals surface area contributed by atoms with Gasteiger partial charge in [-0.3, -0.25) is 0 Å². The molecular weight excluding hydrogens is 346 g/mol. The molecule has 2 heterocycles. The first kappa shape index (κ1) is 18.0. The fourth-order valence-corrected chi connectivity index (χ4v) is 3.50. The number of nitriles is 1. The van der Waals surface area contributed by atoms with E-state index in [-0.39, 0.29) is 0 Å². The number of benzene rings is 2. The lowest BCUT2D eigenvalue weighted by molar-refractivity contribution is 0.726. The Morgan fingerprint density at radius 3 is 2.39 bits per heavy atom. The molecule has 1 fully saturated rings. The Bertz CT molecular complexity index is 970. The van der Waals surface area contributed by atoms with Gasteiger partial charge >= 0.3 is 0 Å². The number of nitrogens with zero attached hydrogens (tertiary/aromatic N) is 4. The summed E-state index contributed by atoms with van der Waals surface area (Å²) in [4.78, 5) is 11.9. The van der Waals surface area contributed by atoms with Gasteiger partial charge in [0.15, 0.2) is 0 Å². The van der Waals surface area contributed by atoms with Gasteiger partial charge in [-0.05, 0) is 31.0 Å². The minimum Gasteiger partial charge on any atom is -0.356 e. The molecule has 0 bridgehead atoms. The maximum atomic E-state index is 9.15. The third-order valence-corrected chi connectivity index (χ3v) is 4.96. The van der Waals surface area contributed by atoms with E-state index >= 15 is 0 Å². The smallest absolute Gasteiger partial charge is 0.229 e. The Morgan fingerprint density at radius 1 is 0.857 bits per heavy atom. The van der Waals surface area contributed by atoms with Crippen molar-refractivity contribution in [1.29, 1.82) is 5.26 Å². The summed E-state index contributed by atoms with van der Waals surface area (Å²) in [5.41, 5.74) is 3.38. The maximum Gasteiger partial charge on any atom is 0.229 e. The van der Waals surface area contributed by atoms with Crippen LogP contribution in [0.25, 0.3) is 11.3 Å². The molecule has 0 aliphatic carbocycles. The molecule has 28 heavy (non-hydrogen) atoms. The fourth-order valence-electron chi connectivity index (χ4n) is 3.50. The standard InChI is InChI=1S/C23H23N5/c24-17-18-9-8-12-20(15-18)25-23-26-21(19-10-4-3-5-11-19)16-22(27-23)28-13-6-1-2-7-14-28/h3-5,8-12,15-16H,1-2,6-7,13-14H2,(H,25,26,27). The normalized spacial score (nSPS) is 14.2. The lowest BCUT2D eigenvalue weighted by Gasteiger charge is -2.22. The summed E-state index contributed by atoms with van der Waals surface area (Å²) in [6, 6.07) is 21.8. The van der Waals surface area contributed by atoms with Crippen molar-refractivity contribution in [2.75, 3.05) is 23.3 Å². The summed E-state index contributed by atoms with van der Waals surface area (Å²) in [7, 11) is 0. The molecule has 4 rings (SSSR count). The molecule has 1 saturated heterocycles. The van der Waals surface area contributed by atoms with E-state index in [1.807, 2.05) is 36.4 Å². The van der Waals surface area contributed by atoms with Gasteiger partial charge in [0, 0.05) is 30.4 Å². The van der Waals surface area contributed by atoms with Crippen LogP contribution in [0.2, 0.25) is 0 Å². The zero-order chi connectivity index (χ0) is 19.2.